The Bertz CT molecular complexity index is 1110. The number of nitrogens with one attached hydrogen (secondary N) is 2. The molecule has 0 aliphatic carbocycles. The lowest BCUT2D eigenvalue weighted by atomic mass is 10.1. The van der Waals surface area contributed by atoms with Crippen molar-refractivity contribution < 1.29 is 9.59 Å². The van der Waals surface area contributed by atoms with Gasteiger partial charge in [-0.25, -0.2) is 4.98 Å². The van der Waals surface area contributed by atoms with Gasteiger partial charge in [0.25, 0.3) is 0 Å². The first-order valence-corrected chi connectivity index (χ1v) is 11.2. The Labute approximate surface area is 186 Å². The quantitative estimate of drug-likeness (QED) is 0.589. The number of thiazole rings is 1. The van der Waals surface area contributed by atoms with E-state index in [1.165, 1.54) is 11.3 Å². The van der Waals surface area contributed by atoms with E-state index in [9.17, 15) is 9.59 Å². The monoisotopic (exact) mass is 434 g/mol. The summed E-state index contributed by atoms with van der Waals surface area (Å²) in [4.78, 5) is 32.3. The lowest BCUT2D eigenvalue weighted by molar-refractivity contribution is -0.121. The van der Waals surface area contributed by atoms with Crippen molar-refractivity contribution in [1.82, 2.24) is 4.98 Å². The summed E-state index contributed by atoms with van der Waals surface area (Å²) in [6.45, 7) is 6.77. The largest absolute Gasteiger partial charge is 0.376 e. The third-order valence-electron chi connectivity index (χ3n) is 5.28. The Kier molecular flexibility index (Phi) is 6.04. The summed E-state index contributed by atoms with van der Waals surface area (Å²) in [5.74, 6) is 0.000331. The molecule has 0 saturated heterocycles. The summed E-state index contributed by atoms with van der Waals surface area (Å²) >= 11 is 1.47. The first kappa shape index (κ1) is 21.1. The summed E-state index contributed by atoms with van der Waals surface area (Å²) in [6.07, 6.45) is 0.847. The molecule has 0 radical (unpaired) electrons. The van der Waals surface area contributed by atoms with Crippen LogP contribution in [0, 0.1) is 12.8 Å². The summed E-state index contributed by atoms with van der Waals surface area (Å²) in [5.41, 5.74) is 4.94. The highest BCUT2D eigenvalue weighted by Gasteiger charge is 2.26. The van der Waals surface area contributed by atoms with Crippen LogP contribution >= 0.6 is 11.3 Å². The van der Waals surface area contributed by atoms with E-state index in [0.29, 0.717) is 5.13 Å². The summed E-state index contributed by atoms with van der Waals surface area (Å²) in [5, 5.41) is 6.57. The second-order valence-electron chi connectivity index (χ2n) is 7.93. The molecule has 31 heavy (non-hydrogen) atoms. The molecule has 4 rings (SSSR count). The molecule has 3 aromatic rings. The molecule has 1 aromatic heterocycles. The maximum Gasteiger partial charge on any atom is 0.245 e. The fourth-order valence-corrected chi connectivity index (χ4v) is 4.56. The number of nitrogens with zero attached hydrogens (tertiary/aromatic N) is 2. The van der Waals surface area contributed by atoms with Gasteiger partial charge in [0, 0.05) is 34.3 Å². The number of carbonyl (C=O) groups is 2. The van der Waals surface area contributed by atoms with Crippen LogP contribution in [0.3, 0.4) is 0 Å². The maximum atomic E-state index is 12.4. The van der Waals surface area contributed by atoms with Crippen molar-refractivity contribution in [3.8, 4) is 11.3 Å². The average Bonchev–Trinajstić information content (AvgIpc) is 3.35. The van der Waals surface area contributed by atoms with Gasteiger partial charge in [-0.05, 0) is 43.2 Å². The van der Waals surface area contributed by atoms with E-state index in [-0.39, 0.29) is 24.3 Å². The molecule has 0 atom stereocenters. The summed E-state index contributed by atoms with van der Waals surface area (Å²) < 4.78 is 0. The van der Waals surface area contributed by atoms with Crippen LogP contribution < -0.4 is 15.5 Å². The van der Waals surface area contributed by atoms with E-state index in [0.717, 1.165) is 46.0 Å². The van der Waals surface area contributed by atoms with Crippen LogP contribution in [-0.2, 0) is 16.0 Å². The Balaban J connectivity index is 1.45. The number of carbonyl (C=O) groups excluding carboxylic acids is 2. The van der Waals surface area contributed by atoms with Gasteiger partial charge >= 0.3 is 0 Å². The van der Waals surface area contributed by atoms with Crippen LogP contribution in [0.4, 0.5) is 16.5 Å². The molecule has 6 nitrogen and oxygen atoms in total. The highest BCUT2D eigenvalue weighted by molar-refractivity contribution is 7.16. The number of benzene rings is 2. The molecule has 2 heterocycles. The zero-order valence-corrected chi connectivity index (χ0v) is 18.8. The topological polar surface area (TPSA) is 74.3 Å². The van der Waals surface area contributed by atoms with Crippen molar-refractivity contribution in [2.24, 2.45) is 5.92 Å². The molecule has 7 heteroatoms. The van der Waals surface area contributed by atoms with E-state index in [1.807, 2.05) is 68.1 Å². The zero-order chi connectivity index (χ0) is 22.0. The smallest absolute Gasteiger partial charge is 0.245 e. The Morgan fingerprint density at radius 2 is 1.94 bits per heavy atom. The lowest BCUT2D eigenvalue weighted by Crippen LogP contribution is -2.32. The molecule has 0 fully saturated rings. The van der Waals surface area contributed by atoms with Gasteiger partial charge < -0.3 is 15.5 Å². The number of amides is 2. The van der Waals surface area contributed by atoms with Crippen LogP contribution in [0.1, 0.15) is 24.3 Å². The average molecular weight is 435 g/mol. The summed E-state index contributed by atoms with van der Waals surface area (Å²) in [6, 6.07) is 15.8. The van der Waals surface area contributed by atoms with Crippen LogP contribution in [0.25, 0.3) is 11.3 Å². The van der Waals surface area contributed by atoms with Crippen molar-refractivity contribution in [3.63, 3.8) is 0 Å². The van der Waals surface area contributed by atoms with E-state index in [1.54, 1.807) is 0 Å². The van der Waals surface area contributed by atoms with Crippen molar-refractivity contribution in [2.45, 2.75) is 27.2 Å². The number of anilines is 3. The number of para-hydroxylation sites is 1. The van der Waals surface area contributed by atoms with Crippen LogP contribution in [-0.4, -0.2) is 29.9 Å². The van der Waals surface area contributed by atoms with Crippen molar-refractivity contribution >= 4 is 39.7 Å². The molecular formula is C24H26N4O2S. The Morgan fingerprint density at radius 3 is 2.68 bits per heavy atom. The predicted molar refractivity (Wildman–Crippen MR) is 127 cm³/mol. The van der Waals surface area contributed by atoms with Crippen LogP contribution in [0.2, 0.25) is 0 Å². The molecule has 0 spiro atoms. The molecule has 0 unspecified atom stereocenters. The fourth-order valence-electron chi connectivity index (χ4n) is 3.71. The maximum absolute atomic E-state index is 12.4. The molecular weight excluding hydrogens is 408 g/mol. The van der Waals surface area contributed by atoms with Crippen LogP contribution in [0.15, 0.2) is 48.5 Å². The minimum absolute atomic E-state index is 0.0195. The van der Waals surface area contributed by atoms with Gasteiger partial charge in [-0.3, -0.25) is 9.59 Å². The van der Waals surface area contributed by atoms with Gasteiger partial charge in [-0.2, -0.15) is 0 Å². The van der Waals surface area contributed by atoms with E-state index in [2.05, 4.69) is 21.7 Å². The van der Waals surface area contributed by atoms with Gasteiger partial charge in [0.1, 0.15) is 0 Å². The minimum Gasteiger partial charge on any atom is -0.376 e. The van der Waals surface area contributed by atoms with Gasteiger partial charge in [0.05, 0.1) is 12.2 Å². The number of rotatable bonds is 6. The van der Waals surface area contributed by atoms with Crippen molar-refractivity contribution in [1.29, 1.82) is 0 Å². The highest BCUT2D eigenvalue weighted by Crippen LogP contribution is 2.36. The molecule has 2 amide bonds. The molecule has 1 aliphatic heterocycles. The first-order chi connectivity index (χ1) is 14.9. The fraction of sp³-hybridized carbons (Fsp3) is 0.292. The first-order valence-electron chi connectivity index (χ1n) is 10.4. The molecule has 160 valence electrons. The molecule has 2 aromatic carbocycles. The third-order valence-corrected chi connectivity index (χ3v) is 6.16. The van der Waals surface area contributed by atoms with E-state index in [4.69, 9.17) is 0 Å². The lowest BCUT2D eigenvalue weighted by Gasteiger charge is -2.19. The predicted octanol–water partition coefficient (Wildman–Crippen LogP) is 4.71. The Hall–Kier alpha value is -3.19. The summed E-state index contributed by atoms with van der Waals surface area (Å²) in [7, 11) is 0. The van der Waals surface area contributed by atoms with Gasteiger partial charge in [0.15, 0.2) is 5.13 Å². The number of aromatic nitrogens is 1. The number of aryl methyl sites for hydroxylation is 1. The van der Waals surface area contributed by atoms with Crippen molar-refractivity contribution in [3.05, 3.63) is 59.0 Å². The van der Waals surface area contributed by atoms with Gasteiger partial charge in [0.2, 0.25) is 11.8 Å². The SMILES string of the molecule is Cc1sc(NC(=O)CNc2ccccc2)nc1-c1ccc2c(c1)CCN2C(=O)C(C)C. The third kappa shape index (κ3) is 4.61. The molecule has 0 saturated carbocycles. The molecule has 2 N–H and O–H groups in total. The second kappa shape index (κ2) is 8.89. The number of hydrogen-bond donors (Lipinski definition) is 2. The number of hydrogen-bond acceptors (Lipinski definition) is 5. The highest BCUT2D eigenvalue weighted by atomic mass is 32.1. The molecule has 0 bridgehead atoms. The molecule has 1 aliphatic rings. The standard InChI is InChI=1S/C24H26N4O2S/c1-15(2)23(30)28-12-11-17-13-18(9-10-20(17)28)22-16(3)31-24(27-22)26-21(29)14-25-19-7-5-4-6-8-19/h4-10,13,15,25H,11-12,14H2,1-3H3,(H,26,27,29). The van der Waals surface area contributed by atoms with Crippen LogP contribution in [0.5, 0.6) is 0 Å². The zero-order valence-electron chi connectivity index (χ0n) is 17.9. The van der Waals surface area contributed by atoms with E-state index >= 15 is 0 Å². The normalized spacial score (nSPS) is 12.7. The second-order valence-corrected chi connectivity index (χ2v) is 9.13. The van der Waals surface area contributed by atoms with Gasteiger partial charge in [-0.15, -0.1) is 11.3 Å². The van der Waals surface area contributed by atoms with Crippen molar-refractivity contribution in [2.75, 3.05) is 28.6 Å². The number of fused-ring (bicyclic) bond motifs is 1. The minimum atomic E-state index is -0.138. The van der Waals surface area contributed by atoms with Gasteiger partial charge in [-0.1, -0.05) is 38.1 Å². The Morgan fingerprint density at radius 1 is 1.16 bits per heavy atom. The van der Waals surface area contributed by atoms with E-state index < -0.39 is 0 Å².